The second-order valence-corrected chi connectivity index (χ2v) is 1.01. The zero-order valence-corrected chi connectivity index (χ0v) is 7.79. The lowest BCUT2D eigenvalue weighted by Crippen LogP contribution is -1.91. The molecule has 0 atom stereocenters. The summed E-state index contributed by atoms with van der Waals surface area (Å²) in [6.07, 6.45) is 1.12. The second kappa shape index (κ2) is 8.64. The summed E-state index contributed by atoms with van der Waals surface area (Å²) >= 11 is 5.50. The van der Waals surface area contributed by atoms with Crippen molar-refractivity contribution in [1.82, 2.24) is 0 Å². The predicted octanol–water partition coefficient (Wildman–Crippen LogP) is 1.40. The quantitative estimate of drug-likeness (QED) is 0.747. The van der Waals surface area contributed by atoms with Crippen molar-refractivity contribution in [1.29, 1.82) is 0 Å². The largest absolute Gasteiger partial charge is 0.478 e. The van der Waals surface area contributed by atoms with Crippen molar-refractivity contribution in [2.45, 2.75) is 0 Å². The van der Waals surface area contributed by atoms with E-state index in [1.54, 1.807) is 0 Å². The molecular weight excluding hydrogens is 272 g/mol. The van der Waals surface area contributed by atoms with E-state index in [1.807, 2.05) is 0 Å². The predicted molar refractivity (Wildman–Crippen MR) is 42.3 cm³/mol. The highest BCUT2D eigenvalue weighted by Crippen LogP contribution is 1.85. The van der Waals surface area contributed by atoms with Crippen LogP contribution in [0.3, 0.4) is 0 Å². The Hall–Kier alpha value is -0.360. The van der Waals surface area contributed by atoms with Gasteiger partial charge < -0.3 is 10.2 Å². The first-order valence-corrected chi connectivity index (χ1v) is 5.62. The van der Waals surface area contributed by atoms with Gasteiger partial charge in [-0.05, 0) is 0 Å². The Kier molecular flexibility index (Phi) is 10.7. The van der Waals surface area contributed by atoms with E-state index in [9.17, 15) is 9.59 Å². The van der Waals surface area contributed by atoms with Crippen molar-refractivity contribution < 1.29 is 19.8 Å². The maximum Gasteiger partial charge on any atom is 0.328 e. The summed E-state index contributed by atoms with van der Waals surface area (Å²) in [5.74, 6) is -2.51. The number of hydrogen-bond donors (Lipinski definition) is 2. The molecular formula is C4H4Br2O4. The van der Waals surface area contributed by atoms with E-state index in [-0.39, 0.29) is 0 Å². The van der Waals surface area contributed by atoms with Crippen molar-refractivity contribution in [3.05, 3.63) is 12.2 Å². The Morgan fingerprint density at radius 1 is 1.00 bits per heavy atom. The van der Waals surface area contributed by atoms with Gasteiger partial charge in [-0.15, -0.1) is 0 Å². The molecule has 0 spiro atoms. The number of carboxylic acid groups (broad SMARTS) is 2. The Balaban J connectivity index is 0. The highest BCUT2D eigenvalue weighted by Gasteiger charge is 1.88. The topological polar surface area (TPSA) is 74.6 Å². The molecule has 0 radical (unpaired) electrons. The molecule has 0 bridgehead atoms. The van der Waals surface area contributed by atoms with E-state index in [4.69, 9.17) is 10.2 Å². The minimum atomic E-state index is -1.26. The van der Waals surface area contributed by atoms with E-state index in [2.05, 4.69) is 28.3 Å². The summed E-state index contributed by atoms with van der Waals surface area (Å²) in [5.41, 5.74) is 0. The number of carbonyl (C=O) groups is 2. The van der Waals surface area contributed by atoms with Gasteiger partial charge in [0.2, 0.25) is 0 Å². The molecule has 58 valence electrons. The van der Waals surface area contributed by atoms with Crippen LogP contribution in [0.1, 0.15) is 0 Å². The van der Waals surface area contributed by atoms with Crippen LogP contribution in [-0.4, -0.2) is 22.2 Å². The number of rotatable bonds is 2. The summed E-state index contributed by atoms with van der Waals surface area (Å²) in [4.78, 5) is 19.1. The molecule has 0 saturated heterocycles. The van der Waals surface area contributed by atoms with Crippen LogP contribution in [0, 0.1) is 0 Å². The summed E-state index contributed by atoms with van der Waals surface area (Å²) in [6.45, 7) is 0. The average molecular weight is 276 g/mol. The molecule has 0 rings (SSSR count). The normalized spacial score (nSPS) is 8.20. The van der Waals surface area contributed by atoms with Gasteiger partial charge in [0.1, 0.15) is 0 Å². The molecule has 0 aromatic carbocycles. The van der Waals surface area contributed by atoms with Gasteiger partial charge in [-0.3, -0.25) is 0 Å². The van der Waals surface area contributed by atoms with E-state index >= 15 is 0 Å². The third-order valence-corrected chi connectivity index (χ3v) is 0.368. The Morgan fingerprint density at radius 2 is 1.20 bits per heavy atom. The zero-order valence-electron chi connectivity index (χ0n) is 4.62. The van der Waals surface area contributed by atoms with Gasteiger partial charge in [-0.25, -0.2) is 9.59 Å². The first kappa shape index (κ1) is 12.3. The van der Waals surface area contributed by atoms with Crippen LogP contribution in [-0.2, 0) is 9.59 Å². The molecule has 0 fully saturated rings. The standard InChI is InChI=1S/C4H4O4.Br2/c5-3(6)1-2-4(7)8;1-2/h1-2H,(H,5,6)(H,7,8);/b2-1-;. The van der Waals surface area contributed by atoms with Crippen LogP contribution in [0.25, 0.3) is 0 Å². The van der Waals surface area contributed by atoms with Gasteiger partial charge in [-0.2, -0.15) is 0 Å². The summed E-state index contributed by atoms with van der Waals surface area (Å²) in [7, 11) is 0. The van der Waals surface area contributed by atoms with E-state index < -0.39 is 11.9 Å². The molecule has 0 aliphatic rings. The summed E-state index contributed by atoms with van der Waals surface area (Å²) < 4.78 is 0. The highest BCUT2D eigenvalue weighted by atomic mass is 80.9. The Morgan fingerprint density at radius 3 is 1.30 bits per heavy atom. The van der Waals surface area contributed by atoms with Crippen LogP contribution in [0.4, 0.5) is 0 Å². The fraction of sp³-hybridized carbons (Fsp3) is 0. The van der Waals surface area contributed by atoms with Crippen LogP contribution < -0.4 is 0 Å². The molecule has 0 aliphatic carbocycles. The highest BCUT2D eigenvalue weighted by molar-refractivity contribution is 9.93. The third-order valence-electron chi connectivity index (χ3n) is 0.368. The van der Waals surface area contributed by atoms with Crippen LogP contribution in [0.2, 0.25) is 0 Å². The minimum absolute atomic E-state index is 0.558. The van der Waals surface area contributed by atoms with Gasteiger partial charge in [0, 0.05) is 40.4 Å². The molecule has 4 nitrogen and oxygen atoms in total. The van der Waals surface area contributed by atoms with E-state index in [0.717, 1.165) is 0 Å². The molecule has 10 heavy (non-hydrogen) atoms. The SMILES string of the molecule is BrBr.O=C(O)/C=C\C(=O)O. The lowest BCUT2D eigenvalue weighted by molar-refractivity contribution is -0.134. The second-order valence-electron chi connectivity index (χ2n) is 1.01. The molecule has 0 heterocycles. The van der Waals surface area contributed by atoms with Gasteiger partial charge in [0.25, 0.3) is 0 Å². The van der Waals surface area contributed by atoms with Gasteiger partial charge >= 0.3 is 11.9 Å². The lowest BCUT2D eigenvalue weighted by Gasteiger charge is -1.74. The van der Waals surface area contributed by atoms with Crippen molar-refractivity contribution >= 4 is 40.2 Å². The van der Waals surface area contributed by atoms with Gasteiger partial charge in [0.05, 0.1) is 0 Å². The molecule has 0 aliphatic heterocycles. The molecule has 0 aromatic rings. The van der Waals surface area contributed by atoms with Crippen molar-refractivity contribution in [3.8, 4) is 0 Å². The maximum atomic E-state index is 9.55. The smallest absolute Gasteiger partial charge is 0.328 e. The van der Waals surface area contributed by atoms with E-state index in [1.165, 1.54) is 0 Å². The summed E-state index contributed by atoms with van der Waals surface area (Å²) in [5, 5.41) is 15.6. The monoisotopic (exact) mass is 274 g/mol. The maximum absolute atomic E-state index is 9.55. The minimum Gasteiger partial charge on any atom is -0.478 e. The fourth-order valence-electron chi connectivity index (χ4n) is 0.143. The van der Waals surface area contributed by atoms with Crippen LogP contribution in [0.15, 0.2) is 12.2 Å². The zero-order chi connectivity index (χ0) is 8.57. The first-order valence-electron chi connectivity index (χ1n) is 1.91. The van der Waals surface area contributed by atoms with Crippen molar-refractivity contribution in [3.63, 3.8) is 0 Å². The van der Waals surface area contributed by atoms with E-state index in [0.29, 0.717) is 12.2 Å². The average Bonchev–Trinajstić information content (AvgIpc) is 1.89. The molecule has 0 aromatic heterocycles. The molecule has 0 saturated carbocycles. The number of aliphatic carboxylic acids is 2. The Bertz CT molecular complexity index is 126. The van der Waals surface area contributed by atoms with Crippen LogP contribution in [0.5, 0.6) is 0 Å². The molecule has 0 amide bonds. The molecule has 6 heteroatoms. The van der Waals surface area contributed by atoms with Gasteiger partial charge in [0.15, 0.2) is 0 Å². The van der Waals surface area contributed by atoms with Crippen LogP contribution >= 0.6 is 28.3 Å². The third kappa shape index (κ3) is 15.6. The van der Waals surface area contributed by atoms with Crippen molar-refractivity contribution in [2.75, 3.05) is 0 Å². The summed E-state index contributed by atoms with van der Waals surface area (Å²) in [6, 6.07) is 0. The fourth-order valence-corrected chi connectivity index (χ4v) is 0.143. The number of halogens is 2. The first-order chi connectivity index (χ1) is 4.63. The number of carboxylic acids is 2. The van der Waals surface area contributed by atoms with Crippen molar-refractivity contribution in [2.24, 2.45) is 0 Å². The lowest BCUT2D eigenvalue weighted by atomic mass is 10.5. The Labute approximate surface area is 72.4 Å². The molecule has 0 unspecified atom stereocenters. The van der Waals surface area contributed by atoms with Gasteiger partial charge in [-0.1, -0.05) is 0 Å². The molecule has 2 N–H and O–H groups in total. The number of hydrogen-bond acceptors (Lipinski definition) is 2.